The summed E-state index contributed by atoms with van der Waals surface area (Å²) in [4.78, 5) is 21.1. The molecule has 0 aromatic heterocycles. The summed E-state index contributed by atoms with van der Waals surface area (Å²) >= 11 is 0. The van der Waals surface area contributed by atoms with E-state index in [1.54, 1.807) is 0 Å². The number of nitrogens with one attached hydrogen (secondary N) is 1. The van der Waals surface area contributed by atoms with Crippen LogP contribution in [0.1, 0.15) is 25.3 Å². The average Bonchev–Trinajstić information content (AvgIpc) is 2.39. The zero-order chi connectivity index (χ0) is 14.1. The van der Waals surface area contributed by atoms with Crippen LogP contribution in [0.15, 0.2) is 29.4 Å². The molecule has 0 heterocycles. The van der Waals surface area contributed by atoms with Gasteiger partial charge in [0, 0.05) is 12.1 Å². The van der Waals surface area contributed by atoms with E-state index in [1.165, 1.54) is 30.5 Å². The number of nitro benzene ring substituents is 1. The van der Waals surface area contributed by atoms with E-state index in [4.69, 9.17) is 4.74 Å². The fourth-order valence-corrected chi connectivity index (χ4v) is 1.18. The van der Waals surface area contributed by atoms with Crippen LogP contribution in [-0.4, -0.2) is 23.8 Å². The molecule has 102 valence electrons. The van der Waals surface area contributed by atoms with Gasteiger partial charge < -0.3 is 4.74 Å². The maximum absolute atomic E-state index is 11.1. The fourth-order valence-electron chi connectivity index (χ4n) is 1.18. The van der Waals surface area contributed by atoms with E-state index in [9.17, 15) is 14.9 Å². The molecule has 0 atom stereocenters. The van der Waals surface area contributed by atoms with Crippen molar-refractivity contribution in [3.05, 3.63) is 39.9 Å². The Labute approximate surface area is 110 Å². The monoisotopic (exact) mass is 265 g/mol. The predicted octanol–water partition coefficient (Wildman–Crippen LogP) is 2.46. The van der Waals surface area contributed by atoms with Crippen LogP contribution in [0, 0.1) is 10.1 Å². The van der Waals surface area contributed by atoms with Crippen LogP contribution in [0.4, 0.5) is 10.5 Å². The van der Waals surface area contributed by atoms with Gasteiger partial charge in [0.2, 0.25) is 0 Å². The number of hydrazone groups is 1. The lowest BCUT2D eigenvalue weighted by molar-refractivity contribution is -0.384. The lowest BCUT2D eigenvalue weighted by Gasteiger charge is -2.01. The van der Waals surface area contributed by atoms with E-state index in [0.717, 1.165) is 12.8 Å². The molecule has 1 aromatic carbocycles. The Morgan fingerprint density at radius 2 is 2.16 bits per heavy atom. The van der Waals surface area contributed by atoms with Crippen LogP contribution in [0.2, 0.25) is 0 Å². The molecule has 0 aliphatic carbocycles. The quantitative estimate of drug-likeness (QED) is 0.370. The first kappa shape index (κ1) is 14.6. The highest BCUT2D eigenvalue weighted by molar-refractivity contribution is 5.81. The zero-order valence-electron chi connectivity index (χ0n) is 10.5. The summed E-state index contributed by atoms with van der Waals surface area (Å²) in [6, 6.07) is 5.79. The number of amides is 1. The van der Waals surface area contributed by atoms with Gasteiger partial charge in [-0.05, 0) is 24.1 Å². The molecular weight excluding hydrogens is 250 g/mol. The maximum Gasteiger partial charge on any atom is 0.427 e. The summed E-state index contributed by atoms with van der Waals surface area (Å²) in [6.45, 7) is 2.35. The number of nitro groups is 1. The zero-order valence-corrected chi connectivity index (χ0v) is 10.5. The van der Waals surface area contributed by atoms with Crippen molar-refractivity contribution in [1.82, 2.24) is 5.43 Å². The molecule has 7 nitrogen and oxygen atoms in total. The highest BCUT2D eigenvalue weighted by Gasteiger charge is 2.02. The SMILES string of the molecule is CCCCOC(=O)N/N=C/c1ccc([N+](=O)[O-])cc1. The van der Waals surface area contributed by atoms with Crippen molar-refractivity contribution in [1.29, 1.82) is 0 Å². The highest BCUT2D eigenvalue weighted by atomic mass is 16.6. The van der Waals surface area contributed by atoms with Gasteiger partial charge in [-0.2, -0.15) is 5.10 Å². The molecule has 0 aliphatic rings. The molecule has 1 aromatic rings. The Bertz CT molecular complexity index is 457. The number of nitrogens with zero attached hydrogens (tertiary/aromatic N) is 2. The third kappa shape index (κ3) is 5.62. The molecule has 1 N–H and O–H groups in total. The predicted molar refractivity (Wildman–Crippen MR) is 70.1 cm³/mol. The number of benzene rings is 1. The summed E-state index contributed by atoms with van der Waals surface area (Å²) in [6.07, 6.45) is 2.51. The van der Waals surface area contributed by atoms with E-state index >= 15 is 0 Å². The van der Waals surface area contributed by atoms with Gasteiger partial charge in [0.1, 0.15) is 0 Å². The molecule has 7 heteroatoms. The van der Waals surface area contributed by atoms with Gasteiger partial charge in [0.15, 0.2) is 0 Å². The van der Waals surface area contributed by atoms with E-state index < -0.39 is 11.0 Å². The Balaban J connectivity index is 2.40. The number of hydrogen-bond acceptors (Lipinski definition) is 5. The van der Waals surface area contributed by atoms with Crippen molar-refractivity contribution in [2.24, 2.45) is 5.10 Å². The number of carbonyl (C=O) groups is 1. The Morgan fingerprint density at radius 3 is 2.74 bits per heavy atom. The standard InChI is InChI=1S/C12H15N3O4/c1-2-3-8-19-12(16)14-13-9-10-4-6-11(7-5-10)15(17)18/h4-7,9H,2-3,8H2,1H3,(H,14,16)/b13-9+. The minimum Gasteiger partial charge on any atom is -0.448 e. The van der Waals surface area contributed by atoms with Gasteiger partial charge in [-0.1, -0.05) is 13.3 Å². The molecule has 0 radical (unpaired) electrons. The number of carbonyl (C=O) groups excluding carboxylic acids is 1. The van der Waals surface area contributed by atoms with Crippen molar-refractivity contribution in [2.45, 2.75) is 19.8 Å². The normalized spacial score (nSPS) is 10.4. The molecule has 0 unspecified atom stereocenters. The molecule has 19 heavy (non-hydrogen) atoms. The van der Waals surface area contributed by atoms with Gasteiger partial charge >= 0.3 is 6.09 Å². The molecule has 0 bridgehead atoms. The van der Waals surface area contributed by atoms with Crippen molar-refractivity contribution < 1.29 is 14.5 Å². The second-order valence-electron chi connectivity index (χ2n) is 3.71. The third-order valence-corrected chi connectivity index (χ3v) is 2.20. The molecule has 0 fully saturated rings. The van der Waals surface area contributed by atoms with E-state index in [-0.39, 0.29) is 5.69 Å². The molecule has 1 rings (SSSR count). The number of hydrogen-bond donors (Lipinski definition) is 1. The molecule has 0 saturated carbocycles. The summed E-state index contributed by atoms with van der Waals surface area (Å²) in [7, 11) is 0. The topological polar surface area (TPSA) is 93.8 Å². The van der Waals surface area contributed by atoms with Crippen molar-refractivity contribution >= 4 is 18.0 Å². The molecule has 0 aliphatic heterocycles. The van der Waals surface area contributed by atoms with Gasteiger partial charge in [-0.15, -0.1) is 0 Å². The maximum atomic E-state index is 11.1. The number of rotatable bonds is 6. The van der Waals surface area contributed by atoms with E-state index in [1.807, 2.05) is 6.92 Å². The van der Waals surface area contributed by atoms with Crippen LogP contribution >= 0.6 is 0 Å². The van der Waals surface area contributed by atoms with E-state index in [0.29, 0.717) is 12.2 Å². The first-order valence-corrected chi connectivity index (χ1v) is 5.83. The average molecular weight is 265 g/mol. The Kier molecular flexibility index (Phi) is 6.00. The molecule has 0 saturated heterocycles. The van der Waals surface area contributed by atoms with Crippen LogP contribution in [0.5, 0.6) is 0 Å². The van der Waals surface area contributed by atoms with Crippen molar-refractivity contribution in [3.8, 4) is 0 Å². The van der Waals surface area contributed by atoms with Crippen molar-refractivity contribution in [2.75, 3.05) is 6.61 Å². The van der Waals surface area contributed by atoms with Crippen LogP contribution < -0.4 is 5.43 Å². The first-order chi connectivity index (χ1) is 9.13. The van der Waals surface area contributed by atoms with Crippen LogP contribution in [0.25, 0.3) is 0 Å². The number of ether oxygens (including phenoxy) is 1. The Hall–Kier alpha value is -2.44. The second kappa shape index (κ2) is 7.80. The summed E-state index contributed by atoms with van der Waals surface area (Å²) in [5.41, 5.74) is 2.84. The lowest BCUT2D eigenvalue weighted by Crippen LogP contribution is -2.19. The Morgan fingerprint density at radius 1 is 1.47 bits per heavy atom. The summed E-state index contributed by atoms with van der Waals surface area (Å²) < 4.78 is 4.82. The van der Waals surface area contributed by atoms with Gasteiger partial charge in [-0.3, -0.25) is 10.1 Å². The third-order valence-electron chi connectivity index (χ3n) is 2.20. The second-order valence-corrected chi connectivity index (χ2v) is 3.71. The molecule has 1 amide bonds. The number of unbranched alkanes of at least 4 members (excludes halogenated alkanes) is 1. The lowest BCUT2D eigenvalue weighted by atomic mass is 10.2. The van der Waals surface area contributed by atoms with E-state index in [2.05, 4.69) is 10.5 Å². The first-order valence-electron chi connectivity index (χ1n) is 5.83. The molecular formula is C12H15N3O4. The smallest absolute Gasteiger partial charge is 0.427 e. The van der Waals surface area contributed by atoms with Crippen molar-refractivity contribution in [3.63, 3.8) is 0 Å². The fraction of sp³-hybridized carbons (Fsp3) is 0.333. The minimum atomic E-state index is -0.619. The highest BCUT2D eigenvalue weighted by Crippen LogP contribution is 2.10. The van der Waals surface area contributed by atoms with Gasteiger partial charge in [-0.25, -0.2) is 10.2 Å². The van der Waals surface area contributed by atoms with Crippen LogP contribution in [0.3, 0.4) is 0 Å². The number of non-ortho nitro benzene ring substituents is 1. The largest absolute Gasteiger partial charge is 0.448 e. The summed E-state index contributed by atoms with van der Waals surface area (Å²) in [5, 5.41) is 14.1. The van der Waals surface area contributed by atoms with Gasteiger partial charge in [0.05, 0.1) is 17.7 Å². The van der Waals surface area contributed by atoms with Crippen LogP contribution in [-0.2, 0) is 4.74 Å². The minimum absolute atomic E-state index is 0.00378. The molecule has 0 spiro atoms. The summed E-state index contributed by atoms with van der Waals surface area (Å²) in [5.74, 6) is 0. The van der Waals surface area contributed by atoms with Gasteiger partial charge in [0.25, 0.3) is 5.69 Å².